The van der Waals surface area contributed by atoms with Gasteiger partial charge in [-0.2, -0.15) is 0 Å². The topological polar surface area (TPSA) is 38.5 Å². The van der Waals surface area contributed by atoms with Gasteiger partial charge in [0.2, 0.25) is 0 Å². The summed E-state index contributed by atoms with van der Waals surface area (Å²) < 4.78 is 19.3. The number of fused-ring (bicyclic) bond motifs is 1. The monoisotopic (exact) mass is 286 g/mol. The molecule has 0 amide bonds. The predicted molar refractivity (Wildman–Crippen MR) is 82.0 cm³/mol. The highest BCUT2D eigenvalue weighted by molar-refractivity contribution is 5.56. The summed E-state index contributed by atoms with van der Waals surface area (Å²) in [7, 11) is 0. The van der Waals surface area contributed by atoms with Crippen LogP contribution in [0.25, 0.3) is 0 Å². The number of halogens is 1. The van der Waals surface area contributed by atoms with Crippen LogP contribution >= 0.6 is 0 Å². The van der Waals surface area contributed by atoms with Crippen molar-refractivity contribution in [3.8, 4) is 5.75 Å². The van der Waals surface area contributed by atoms with Crippen molar-refractivity contribution in [2.24, 2.45) is 5.73 Å². The van der Waals surface area contributed by atoms with E-state index in [2.05, 4.69) is 11.0 Å². The number of nitrogens with two attached hydrogens (primary N) is 1. The Morgan fingerprint density at radius 2 is 2.05 bits per heavy atom. The van der Waals surface area contributed by atoms with Gasteiger partial charge in [-0.1, -0.05) is 18.2 Å². The van der Waals surface area contributed by atoms with Gasteiger partial charge in [-0.05, 0) is 36.8 Å². The Kier molecular flexibility index (Phi) is 3.80. The molecule has 1 aliphatic heterocycles. The largest absolute Gasteiger partial charge is 0.491 e. The van der Waals surface area contributed by atoms with Gasteiger partial charge in [0.25, 0.3) is 0 Å². The fraction of sp³-hybridized carbons (Fsp3) is 0.294. The minimum absolute atomic E-state index is 0.213. The van der Waals surface area contributed by atoms with E-state index in [1.165, 1.54) is 12.1 Å². The predicted octanol–water partition coefficient (Wildman–Crippen LogP) is 3.24. The van der Waals surface area contributed by atoms with Gasteiger partial charge in [-0.15, -0.1) is 0 Å². The van der Waals surface area contributed by atoms with E-state index in [1.54, 1.807) is 0 Å². The molecule has 1 heterocycles. The highest BCUT2D eigenvalue weighted by atomic mass is 19.1. The molecule has 110 valence electrons. The molecule has 0 fully saturated rings. The molecule has 0 bridgehead atoms. The van der Waals surface area contributed by atoms with Crippen molar-refractivity contribution in [3.05, 3.63) is 59.4 Å². The molecule has 3 nitrogen and oxygen atoms in total. The number of para-hydroxylation sites is 1. The van der Waals surface area contributed by atoms with Crippen LogP contribution in [0.2, 0.25) is 0 Å². The highest BCUT2D eigenvalue weighted by Gasteiger charge is 2.19. The number of hydrogen-bond donors (Lipinski definition) is 1. The van der Waals surface area contributed by atoms with Crippen molar-refractivity contribution in [2.45, 2.75) is 19.5 Å². The maximum Gasteiger partial charge on any atom is 0.124 e. The molecule has 3 rings (SSSR count). The number of benzene rings is 2. The first-order chi connectivity index (χ1) is 10.1. The SMILES string of the molecule is C[C@@H](N)c1cc(F)ccc1N1CCOc2ccccc2C1. The van der Waals surface area contributed by atoms with Crippen LogP contribution in [0.4, 0.5) is 10.1 Å². The fourth-order valence-electron chi connectivity index (χ4n) is 2.71. The van der Waals surface area contributed by atoms with E-state index in [-0.39, 0.29) is 11.9 Å². The summed E-state index contributed by atoms with van der Waals surface area (Å²) in [4.78, 5) is 2.20. The second kappa shape index (κ2) is 5.74. The second-order valence-corrected chi connectivity index (χ2v) is 5.37. The van der Waals surface area contributed by atoms with Crippen LogP contribution in [-0.2, 0) is 6.54 Å². The third-order valence-corrected chi connectivity index (χ3v) is 3.77. The summed E-state index contributed by atoms with van der Waals surface area (Å²) in [6, 6.07) is 12.6. The standard InChI is InChI=1S/C17H19FN2O/c1-12(19)15-10-14(18)6-7-16(15)20-8-9-21-17-5-3-2-4-13(17)11-20/h2-7,10,12H,8-9,11,19H2,1H3/t12-/m1/s1. The molecule has 4 heteroatoms. The molecule has 0 saturated carbocycles. The van der Waals surface area contributed by atoms with Crippen molar-refractivity contribution < 1.29 is 9.13 Å². The van der Waals surface area contributed by atoms with Crippen LogP contribution in [0.3, 0.4) is 0 Å². The van der Waals surface area contributed by atoms with Crippen molar-refractivity contribution in [2.75, 3.05) is 18.1 Å². The Morgan fingerprint density at radius 1 is 1.24 bits per heavy atom. The van der Waals surface area contributed by atoms with Gasteiger partial charge in [0.05, 0.1) is 6.54 Å². The lowest BCUT2D eigenvalue weighted by molar-refractivity contribution is 0.331. The molecule has 1 atom stereocenters. The summed E-state index contributed by atoms with van der Waals surface area (Å²) in [6.45, 7) is 3.97. The first-order valence-electron chi connectivity index (χ1n) is 7.16. The van der Waals surface area contributed by atoms with Crippen LogP contribution in [0, 0.1) is 5.82 Å². The van der Waals surface area contributed by atoms with Gasteiger partial charge >= 0.3 is 0 Å². The van der Waals surface area contributed by atoms with Crippen molar-refractivity contribution in [3.63, 3.8) is 0 Å². The van der Waals surface area contributed by atoms with Gasteiger partial charge in [0.1, 0.15) is 18.2 Å². The zero-order chi connectivity index (χ0) is 14.8. The Labute approximate surface area is 124 Å². The Balaban J connectivity index is 1.98. The van der Waals surface area contributed by atoms with Crippen LogP contribution < -0.4 is 15.4 Å². The summed E-state index contributed by atoms with van der Waals surface area (Å²) in [5, 5.41) is 0. The normalized spacial score (nSPS) is 15.9. The van der Waals surface area contributed by atoms with Gasteiger partial charge in [0.15, 0.2) is 0 Å². The number of nitrogens with zero attached hydrogens (tertiary/aromatic N) is 1. The van der Waals surface area contributed by atoms with Crippen molar-refractivity contribution in [1.29, 1.82) is 0 Å². The Morgan fingerprint density at radius 3 is 2.86 bits per heavy atom. The molecule has 0 radical (unpaired) electrons. The van der Waals surface area contributed by atoms with E-state index in [1.807, 2.05) is 31.2 Å². The second-order valence-electron chi connectivity index (χ2n) is 5.37. The Hall–Kier alpha value is -2.07. The molecule has 2 N–H and O–H groups in total. The van der Waals surface area contributed by atoms with Gasteiger partial charge in [0, 0.05) is 23.8 Å². The quantitative estimate of drug-likeness (QED) is 0.921. The summed E-state index contributed by atoms with van der Waals surface area (Å²) in [6.07, 6.45) is 0. The number of anilines is 1. The van der Waals surface area contributed by atoms with Crippen molar-refractivity contribution in [1.82, 2.24) is 0 Å². The average molecular weight is 286 g/mol. The minimum atomic E-state index is -0.252. The first kappa shape index (κ1) is 13.9. The van der Waals surface area contributed by atoms with Gasteiger partial charge < -0.3 is 15.4 Å². The third-order valence-electron chi connectivity index (χ3n) is 3.77. The van der Waals surface area contributed by atoms with Crippen LogP contribution in [0.5, 0.6) is 5.75 Å². The maximum atomic E-state index is 13.5. The molecular formula is C17H19FN2O. The minimum Gasteiger partial charge on any atom is -0.491 e. The van der Waals surface area contributed by atoms with E-state index in [4.69, 9.17) is 10.5 Å². The molecule has 0 aliphatic carbocycles. The van der Waals surface area contributed by atoms with Crippen molar-refractivity contribution >= 4 is 5.69 Å². The van der Waals surface area contributed by atoms with Crippen LogP contribution in [-0.4, -0.2) is 13.2 Å². The first-order valence-corrected chi connectivity index (χ1v) is 7.16. The molecule has 0 saturated heterocycles. The fourth-order valence-corrected chi connectivity index (χ4v) is 2.71. The smallest absolute Gasteiger partial charge is 0.124 e. The lowest BCUT2D eigenvalue weighted by Gasteiger charge is -2.26. The molecule has 2 aromatic rings. The van der Waals surface area contributed by atoms with E-state index in [0.29, 0.717) is 6.61 Å². The van der Waals surface area contributed by atoms with E-state index < -0.39 is 0 Å². The zero-order valence-electron chi connectivity index (χ0n) is 12.1. The molecule has 0 spiro atoms. The average Bonchev–Trinajstić information content (AvgIpc) is 2.69. The lowest BCUT2D eigenvalue weighted by atomic mass is 10.0. The third kappa shape index (κ3) is 2.85. The number of hydrogen-bond acceptors (Lipinski definition) is 3. The zero-order valence-corrected chi connectivity index (χ0v) is 12.1. The van der Waals surface area contributed by atoms with Crippen LogP contribution in [0.1, 0.15) is 24.1 Å². The molecule has 0 unspecified atom stereocenters. The lowest BCUT2D eigenvalue weighted by Crippen LogP contribution is -2.27. The summed E-state index contributed by atoms with van der Waals surface area (Å²) in [5.41, 5.74) is 8.94. The van der Waals surface area contributed by atoms with Crippen LogP contribution in [0.15, 0.2) is 42.5 Å². The van der Waals surface area contributed by atoms with E-state index >= 15 is 0 Å². The molecule has 0 aromatic heterocycles. The number of rotatable bonds is 2. The molecular weight excluding hydrogens is 267 g/mol. The maximum absolute atomic E-state index is 13.5. The molecule has 21 heavy (non-hydrogen) atoms. The molecule has 2 aromatic carbocycles. The summed E-state index contributed by atoms with van der Waals surface area (Å²) in [5.74, 6) is 0.669. The highest BCUT2D eigenvalue weighted by Crippen LogP contribution is 2.30. The molecule has 1 aliphatic rings. The van der Waals surface area contributed by atoms with E-state index in [0.717, 1.165) is 35.7 Å². The Bertz CT molecular complexity index is 642. The van der Waals surface area contributed by atoms with E-state index in [9.17, 15) is 4.39 Å². The number of ether oxygens (including phenoxy) is 1. The van der Waals surface area contributed by atoms with Gasteiger partial charge in [-0.3, -0.25) is 0 Å². The van der Waals surface area contributed by atoms with Gasteiger partial charge in [-0.25, -0.2) is 4.39 Å². The summed E-state index contributed by atoms with van der Waals surface area (Å²) >= 11 is 0.